The van der Waals surface area contributed by atoms with E-state index in [1.54, 1.807) is 0 Å². The second-order valence-electron chi connectivity index (χ2n) is 3.93. The second-order valence-corrected chi connectivity index (χ2v) is 4.94. The maximum absolute atomic E-state index is 13.9. The monoisotopic (exact) mass is 311 g/mol. The van der Waals surface area contributed by atoms with Crippen molar-refractivity contribution in [3.8, 4) is 0 Å². The standard InChI is InChI=1S/C11H10FN5O3S/c1-17-11(14-9(18)10(19)15-17)21-7-3-2-5(4-6(7)12)8(13)16-20/h2-4,20H,1H3,(H2,13,16)(H,15,19). The molecule has 1 aromatic heterocycles. The average molecular weight is 311 g/mol. The number of benzene rings is 1. The minimum Gasteiger partial charge on any atom is -0.409 e. The lowest BCUT2D eigenvalue weighted by molar-refractivity contribution is 0.318. The summed E-state index contributed by atoms with van der Waals surface area (Å²) in [4.78, 5) is 26.0. The van der Waals surface area contributed by atoms with Crippen molar-refractivity contribution in [3.05, 3.63) is 50.3 Å². The van der Waals surface area contributed by atoms with Crippen LogP contribution in [-0.2, 0) is 7.05 Å². The topological polar surface area (TPSA) is 126 Å². The molecule has 0 atom stereocenters. The number of H-pyrrole nitrogens is 1. The Morgan fingerprint density at radius 1 is 1.52 bits per heavy atom. The number of oxime groups is 1. The summed E-state index contributed by atoms with van der Waals surface area (Å²) in [7, 11) is 1.47. The molecule has 10 heteroatoms. The number of aryl methyl sites for hydroxylation is 1. The molecule has 0 saturated heterocycles. The molecule has 4 N–H and O–H groups in total. The van der Waals surface area contributed by atoms with E-state index in [1.807, 2.05) is 0 Å². The van der Waals surface area contributed by atoms with Gasteiger partial charge in [0.25, 0.3) is 0 Å². The van der Waals surface area contributed by atoms with Gasteiger partial charge in [0.1, 0.15) is 5.82 Å². The Bertz CT molecular complexity index is 829. The number of halogens is 1. The molecule has 0 bridgehead atoms. The number of hydrogen-bond donors (Lipinski definition) is 3. The maximum Gasteiger partial charge on any atom is 0.339 e. The smallest absolute Gasteiger partial charge is 0.339 e. The van der Waals surface area contributed by atoms with Crippen LogP contribution in [0, 0.1) is 5.82 Å². The highest BCUT2D eigenvalue weighted by Crippen LogP contribution is 2.27. The van der Waals surface area contributed by atoms with Gasteiger partial charge in [-0.3, -0.25) is 19.4 Å². The summed E-state index contributed by atoms with van der Waals surface area (Å²) in [6.45, 7) is 0. The lowest BCUT2D eigenvalue weighted by atomic mass is 10.2. The van der Waals surface area contributed by atoms with Crippen molar-refractivity contribution < 1.29 is 9.60 Å². The van der Waals surface area contributed by atoms with Crippen LogP contribution in [0.15, 0.2) is 43.0 Å². The zero-order chi connectivity index (χ0) is 15.6. The van der Waals surface area contributed by atoms with E-state index in [4.69, 9.17) is 10.9 Å². The van der Waals surface area contributed by atoms with Crippen LogP contribution in [0.4, 0.5) is 4.39 Å². The van der Waals surface area contributed by atoms with Crippen LogP contribution in [-0.4, -0.2) is 25.8 Å². The molecule has 0 amide bonds. The Balaban J connectivity index is 2.39. The second kappa shape index (κ2) is 5.79. The van der Waals surface area contributed by atoms with Crippen LogP contribution in [0.25, 0.3) is 0 Å². The van der Waals surface area contributed by atoms with Gasteiger partial charge in [0.15, 0.2) is 11.0 Å². The molecular formula is C11H10FN5O3S. The average Bonchev–Trinajstić information content (AvgIpc) is 2.45. The molecule has 2 aromatic rings. The van der Waals surface area contributed by atoms with Crippen molar-refractivity contribution in [2.75, 3.05) is 0 Å². The Morgan fingerprint density at radius 2 is 2.24 bits per heavy atom. The summed E-state index contributed by atoms with van der Waals surface area (Å²) >= 11 is 0.855. The van der Waals surface area contributed by atoms with E-state index >= 15 is 0 Å². The van der Waals surface area contributed by atoms with E-state index in [9.17, 15) is 14.0 Å². The molecule has 0 unspecified atom stereocenters. The van der Waals surface area contributed by atoms with Gasteiger partial charge in [0.2, 0.25) is 0 Å². The van der Waals surface area contributed by atoms with Crippen molar-refractivity contribution in [1.29, 1.82) is 0 Å². The third kappa shape index (κ3) is 3.11. The van der Waals surface area contributed by atoms with Crippen LogP contribution < -0.4 is 16.9 Å². The van der Waals surface area contributed by atoms with Gasteiger partial charge >= 0.3 is 11.1 Å². The van der Waals surface area contributed by atoms with E-state index < -0.39 is 16.9 Å². The fraction of sp³-hybridized carbons (Fsp3) is 0.0909. The third-order valence-corrected chi connectivity index (χ3v) is 3.58. The summed E-state index contributed by atoms with van der Waals surface area (Å²) in [6.07, 6.45) is 0. The maximum atomic E-state index is 13.9. The van der Waals surface area contributed by atoms with E-state index in [1.165, 1.54) is 23.9 Å². The highest BCUT2D eigenvalue weighted by Gasteiger charge is 2.11. The first-order valence-corrected chi connectivity index (χ1v) is 6.36. The van der Waals surface area contributed by atoms with Gasteiger partial charge in [-0.05, 0) is 30.0 Å². The minimum atomic E-state index is -0.954. The van der Waals surface area contributed by atoms with Gasteiger partial charge in [-0.25, -0.2) is 4.39 Å². The van der Waals surface area contributed by atoms with Crippen LogP contribution >= 0.6 is 11.8 Å². The highest BCUT2D eigenvalue weighted by atomic mass is 32.2. The quantitative estimate of drug-likeness (QED) is 0.238. The SMILES string of the molecule is Cn1[nH]c(=O)c(=O)nc1Sc1ccc(/C(N)=N/O)cc1F. The van der Waals surface area contributed by atoms with Gasteiger partial charge in [0.05, 0.1) is 4.90 Å². The molecule has 110 valence electrons. The zero-order valence-corrected chi connectivity index (χ0v) is 11.5. The molecule has 1 heterocycles. The predicted molar refractivity (Wildman–Crippen MR) is 73.1 cm³/mol. The molecule has 0 radical (unpaired) electrons. The number of amidine groups is 1. The molecule has 0 saturated carbocycles. The van der Waals surface area contributed by atoms with Crippen molar-refractivity contribution in [2.24, 2.45) is 17.9 Å². The molecule has 0 fully saturated rings. The van der Waals surface area contributed by atoms with Gasteiger partial charge in [-0.15, -0.1) is 0 Å². The van der Waals surface area contributed by atoms with Crippen molar-refractivity contribution >= 4 is 17.6 Å². The largest absolute Gasteiger partial charge is 0.409 e. The van der Waals surface area contributed by atoms with Gasteiger partial charge in [-0.1, -0.05) is 5.16 Å². The number of hydrogen-bond acceptors (Lipinski definition) is 6. The number of nitrogens with zero attached hydrogens (tertiary/aromatic N) is 3. The number of rotatable bonds is 3. The van der Waals surface area contributed by atoms with Crippen molar-refractivity contribution in [2.45, 2.75) is 10.1 Å². The Hall–Kier alpha value is -2.62. The Labute approximate surface area is 121 Å². The van der Waals surface area contributed by atoms with Crippen LogP contribution in [0.2, 0.25) is 0 Å². The minimum absolute atomic E-state index is 0.120. The summed E-state index contributed by atoms with van der Waals surface area (Å²) in [5.41, 5.74) is 3.76. The normalized spacial score (nSPS) is 11.6. The molecule has 0 spiro atoms. The molecule has 0 aliphatic carbocycles. The first-order valence-electron chi connectivity index (χ1n) is 5.55. The molecule has 0 aliphatic rings. The van der Waals surface area contributed by atoms with Gasteiger partial charge < -0.3 is 10.9 Å². The van der Waals surface area contributed by atoms with Crippen LogP contribution in [0.3, 0.4) is 0 Å². The first-order chi connectivity index (χ1) is 9.92. The molecular weight excluding hydrogens is 301 g/mol. The van der Waals surface area contributed by atoms with E-state index in [-0.39, 0.29) is 21.5 Å². The molecule has 1 aromatic carbocycles. The molecule has 2 rings (SSSR count). The molecule has 21 heavy (non-hydrogen) atoms. The van der Waals surface area contributed by atoms with E-state index in [2.05, 4.69) is 15.2 Å². The highest BCUT2D eigenvalue weighted by molar-refractivity contribution is 7.99. The van der Waals surface area contributed by atoms with Gasteiger partial charge in [0, 0.05) is 12.6 Å². The summed E-state index contributed by atoms with van der Waals surface area (Å²) in [5.74, 6) is -0.857. The van der Waals surface area contributed by atoms with E-state index in [0.29, 0.717) is 0 Å². The summed E-state index contributed by atoms with van der Waals surface area (Å²) < 4.78 is 15.2. The Kier molecular flexibility index (Phi) is 4.08. The van der Waals surface area contributed by atoms with Crippen molar-refractivity contribution in [3.63, 3.8) is 0 Å². The number of nitrogens with two attached hydrogens (primary N) is 1. The lowest BCUT2D eigenvalue weighted by Gasteiger charge is -2.07. The number of nitrogens with one attached hydrogen (secondary N) is 1. The lowest BCUT2D eigenvalue weighted by Crippen LogP contribution is -2.33. The fourth-order valence-corrected chi connectivity index (χ4v) is 2.25. The predicted octanol–water partition coefficient (Wildman–Crippen LogP) is -0.147. The number of aromatic nitrogens is 3. The Morgan fingerprint density at radius 3 is 2.86 bits per heavy atom. The van der Waals surface area contributed by atoms with Crippen molar-refractivity contribution in [1.82, 2.24) is 14.8 Å². The van der Waals surface area contributed by atoms with Crippen LogP contribution in [0.5, 0.6) is 0 Å². The zero-order valence-electron chi connectivity index (χ0n) is 10.7. The molecule has 8 nitrogen and oxygen atoms in total. The van der Waals surface area contributed by atoms with Gasteiger partial charge in [-0.2, -0.15) is 4.98 Å². The summed E-state index contributed by atoms with van der Waals surface area (Å²) in [5, 5.41) is 13.7. The first kappa shape index (κ1) is 14.8. The van der Waals surface area contributed by atoms with Crippen LogP contribution in [0.1, 0.15) is 5.56 Å². The third-order valence-electron chi connectivity index (χ3n) is 2.48. The summed E-state index contributed by atoms with van der Waals surface area (Å²) in [6, 6.07) is 3.93. The van der Waals surface area contributed by atoms with E-state index in [0.717, 1.165) is 17.8 Å². The molecule has 0 aliphatic heterocycles. The number of aromatic amines is 1. The fourth-order valence-electron chi connectivity index (χ4n) is 1.45.